The van der Waals surface area contributed by atoms with Crippen LogP contribution in [0.1, 0.15) is 58.2 Å². The average molecular weight is 303 g/mol. The second kappa shape index (κ2) is 5.34. The van der Waals surface area contributed by atoms with Gasteiger partial charge < -0.3 is 9.84 Å². The van der Waals surface area contributed by atoms with Crippen LogP contribution in [-0.4, -0.2) is 17.6 Å². The number of rotatable bonds is 1. The van der Waals surface area contributed by atoms with Crippen molar-refractivity contribution >= 4 is 12.0 Å². The second-order valence-electron chi connectivity index (χ2n) is 7.81. The Morgan fingerprint density at radius 2 is 1.59 bits per heavy atom. The van der Waals surface area contributed by atoms with Crippen molar-refractivity contribution in [2.24, 2.45) is 0 Å². The summed E-state index contributed by atoms with van der Waals surface area (Å²) in [4.78, 5) is 11.2. The zero-order valence-corrected chi connectivity index (χ0v) is 14.2. The number of carbonyl (C=O) groups excluding carboxylic acids is 1. The Morgan fingerprint density at radius 1 is 1.09 bits per heavy atom. The third-order valence-corrected chi connectivity index (χ3v) is 3.67. The first-order chi connectivity index (χ1) is 9.98. The molecule has 0 radical (unpaired) electrons. The average Bonchev–Trinajstić information content (AvgIpc) is 2.74. The molecule has 1 heterocycles. The summed E-state index contributed by atoms with van der Waals surface area (Å²) in [5.41, 5.74) is 2.31. The largest absolute Gasteiger partial charge is 0.507 e. The first-order valence-electron chi connectivity index (χ1n) is 7.51. The summed E-state index contributed by atoms with van der Waals surface area (Å²) >= 11 is 0. The van der Waals surface area contributed by atoms with Crippen molar-refractivity contribution in [3.8, 4) is 5.75 Å². The Morgan fingerprint density at radius 3 is 1.95 bits per heavy atom. The third-order valence-electron chi connectivity index (χ3n) is 3.67. The van der Waals surface area contributed by atoms with Gasteiger partial charge in [-0.1, -0.05) is 41.5 Å². The Bertz CT molecular complexity index is 596. The van der Waals surface area contributed by atoms with E-state index < -0.39 is 0 Å². The number of ether oxygens (including phenoxy) is 1. The van der Waals surface area contributed by atoms with E-state index in [0.29, 0.717) is 11.6 Å². The Balaban J connectivity index is 2.58. The second-order valence-corrected chi connectivity index (χ2v) is 7.81. The summed E-state index contributed by atoms with van der Waals surface area (Å²) in [7, 11) is 0. The summed E-state index contributed by atoms with van der Waals surface area (Å²) < 4.78 is 5.29. The number of hydrogen-bond donors (Lipinski definition) is 2. The number of phenols is 1. The minimum atomic E-state index is -0.182. The zero-order valence-electron chi connectivity index (χ0n) is 14.2. The zero-order chi connectivity index (χ0) is 16.7. The minimum absolute atomic E-state index is 0.0577. The smallest absolute Gasteiger partial charge is 0.264 e. The van der Waals surface area contributed by atoms with Crippen molar-refractivity contribution < 1.29 is 14.6 Å². The van der Waals surface area contributed by atoms with Crippen molar-refractivity contribution in [2.75, 3.05) is 6.61 Å². The quantitative estimate of drug-likeness (QED) is 0.835. The van der Waals surface area contributed by atoms with Crippen LogP contribution in [0.3, 0.4) is 0 Å². The number of amides is 1. The van der Waals surface area contributed by atoms with Crippen molar-refractivity contribution in [3.63, 3.8) is 0 Å². The van der Waals surface area contributed by atoms with Crippen LogP contribution in [-0.2, 0) is 20.4 Å². The van der Waals surface area contributed by atoms with Crippen molar-refractivity contribution in [1.82, 2.24) is 5.32 Å². The molecular formula is C18H25NO3. The van der Waals surface area contributed by atoms with E-state index >= 15 is 0 Å². The van der Waals surface area contributed by atoms with Crippen molar-refractivity contribution in [2.45, 2.75) is 52.4 Å². The van der Waals surface area contributed by atoms with E-state index in [9.17, 15) is 9.90 Å². The van der Waals surface area contributed by atoms with Crippen molar-refractivity contribution in [1.29, 1.82) is 0 Å². The molecule has 1 aliphatic rings. The molecule has 4 heteroatoms. The van der Waals surface area contributed by atoms with Crippen LogP contribution in [0.25, 0.3) is 6.08 Å². The van der Waals surface area contributed by atoms with Gasteiger partial charge in [-0.05, 0) is 28.5 Å². The lowest BCUT2D eigenvalue weighted by molar-refractivity contribution is -0.119. The molecule has 1 saturated heterocycles. The molecule has 4 nitrogen and oxygen atoms in total. The number of phenolic OH excluding ortho intramolecular Hbond substituents is 1. The molecule has 22 heavy (non-hydrogen) atoms. The van der Waals surface area contributed by atoms with Crippen molar-refractivity contribution in [3.05, 3.63) is 34.7 Å². The standard InChI is InChI=1S/C18H25NO3/c1-17(2,3)12-7-11(9-15-19-14(20)10-22-15)8-13(16(12)21)18(4,5)6/h7-9,21H,10H2,1-6H3,(H,19,20). The van der Waals surface area contributed by atoms with Gasteiger partial charge in [-0.25, -0.2) is 0 Å². The van der Waals surface area contributed by atoms with Crippen LogP contribution in [0.2, 0.25) is 0 Å². The summed E-state index contributed by atoms with van der Waals surface area (Å²) in [5, 5.41) is 13.3. The molecule has 0 aliphatic carbocycles. The van der Waals surface area contributed by atoms with E-state index in [1.165, 1.54) is 0 Å². The summed E-state index contributed by atoms with van der Waals surface area (Å²) in [6, 6.07) is 3.90. The maximum atomic E-state index is 11.2. The molecule has 1 fully saturated rings. The summed E-state index contributed by atoms with van der Waals surface area (Å²) in [5.74, 6) is 0.658. The molecule has 2 N–H and O–H groups in total. The number of hydrogen-bond acceptors (Lipinski definition) is 3. The van der Waals surface area contributed by atoms with E-state index in [1.54, 1.807) is 6.08 Å². The SMILES string of the molecule is CC(C)(C)c1cc(C=C2NC(=O)CO2)cc(C(C)(C)C)c1O. The Labute approximate surface area is 132 Å². The van der Waals surface area contributed by atoms with Gasteiger partial charge >= 0.3 is 0 Å². The van der Waals surface area contributed by atoms with Crippen LogP contribution in [0.5, 0.6) is 5.75 Å². The number of aromatic hydroxyl groups is 1. The van der Waals surface area contributed by atoms with Crippen LogP contribution >= 0.6 is 0 Å². The molecule has 1 aromatic rings. The molecule has 1 aromatic carbocycles. The highest BCUT2D eigenvalue weighted by Crippen LogP contribution is 2.40. The highest BCUT2D eigenvalue weighted by Gasteiger charge is 2.26. The maximum Gasteiger partial charge on any atom is 0.264 e. The fraction of sp³-hybridized carbons (Fsp3) is 0.500. The van der Waals surface area contributed by atoms with Crippen LogP contribution < -0.4 is 5.32 Å². The van der Waals surface area contributed by atoms with E-state index in [4.69, 9.17) is 4.74 Å². The van der Waals surface area contributed by atoms with Crippen LogP contribution in [0.15, 0.2) is 18.0 Å². The topological polar surface area (TPSA) is 58.6 Å². The van der Waals surface area contributed by atoms with Gasteiger partial charge in [-0.2, -0.15) is 0 Å². The lowest BCUT2D eigenvalue weighted by Gasteiger charge is -2.27. The van der Waals surface area contributed by atoms with Gasteiger partial charge in [0.15, 0.2) is 12.5 Å². The molecule has 1 amide bonds. The molecule has 0 saturated carbocycles. The summed E-state index contributed by atoms with van der Waals surface area (Å²) in [6.45, 7) is 12.5. The lowest BCUT2D eigenvalue weighted by atomic mass is 9.78. The molecule has 0 spiro atoms. The lowest BCUT2D eigenvalue weighted by Crippen LogP contribution is -2.17. The Hall–Kier alpha value is -1.97. The predicted molar refractivity (Wildman–Crippen MR) is 87.6 cm³/mol. The number of benzene rings is 1. The highest BCUT2D eigenvalue weighted by molar-refractivity contribution is 5.82. The van der Waals surface area contributed by atoms with Crippen LogP contribution in [0.4, 0.5) is 0 Å². The third kappa shape index (κ3) is 3.43. The monoisotopic (exact) mass is 303 g/mol. The molecule has 120 valence electrons. The van der Waals surface area contributed by atoms with Gasteiger partial charge in [0.05, 0.1) is 0 Å². The number of carbonyl (C=O) groups is 1. The first-order valence-corrected chi connectivity index (χ1v) is 7.51. The van der Waals surface area contributed by atoms with E-state index in [0.717, 1.165) is 16.7 Å². The first kappa shape index (κ1) is 16.4. The summed E-state index contributed by atoms with van der Waals surface area (Å²) in [6.07, 6.45) is 1.80. The molecule has 0 unspecified atom stereocenters. The fourth-order valence-electron chi connectivity index (χ4n) is 2.47. The molecule has 1 aliphatic heterocycles. The van der Waals surface area contributed by atoms with Gasteiger partial charge in [0.2, 0.25) is 0 Å². The fourth-order valence-corrected chi connectivity index (χ4v) is 2.47. The molecule has 2 rings (SSSR count). The van der Waals surface area contributed by atoms with Gasteiger partial charge in [-0.3, -0.25) is 10.1 Å². The minimum Gasteiger partial charge on any atom is -0.507 e. The molecular weight excluding hydrogens is 278 g/mol. The van der Waals surface area contributed by atoms with Crippen LogP contribution in [0, 0.1) is 0 Å². The molecule has 0 bridgehead atoms. The predicted octanol–water partition coefficient (Wildman–Crippen LogP) is 3.43. The van der Waals surface area contributed by atoms with E-state index in [2.05, 4.69) is 46.9 Å². The molecule has 0 aromatic heterocycles. The molecule has 0 atom stereocenters. The van der Waals surface area contributed by atoms with E-state index in [-0.39, 0.29) is 23.3 Å². The van der Waals surface area contributed by atoms with Gasteiger partial charge in [0, 0.05) is 17.2 Å². The van der Waals surface area contributed by atoms with E-state index in [1.807, 2.05) is 12.1 Å². The normalized spacial score (nSPS) is 17.5. The Kier molecular flexibility index (Phi) is 3.98. The maximum absolute atomic E-state index is 11.2. The van der Waals surface area contributed by atoms with Gasteiger partial charge in [0.1, 0.15) is 5.75 Å². The highest BCUT2D eigenvalue weighted by atomic mass is 16.5. The number of nitrogens with one attached hydrogen (secondary N) is 1. The van der Waals surface area contributed by atoms with Gasteiger partial charge in [-0.15, -0.1) is 0 Å². The van der Waals surface area contributed by atoms with Gasteiger partial charge in [0.25, 0.3) is 5.91 Å².